The summed E-state index contributed by atoms with van der Waals surface area (Å²) in [6.45, 7) is 0. The van der Waals surface area contributed by atoms with Crippen LogP contribution >= 0.6 is 24.0 Å². The minimum atomic E-state index is -0.680. The number of nitrogens with one attached hydrogen (secondary N) is 1. The maximum absolute atomic E-state index is 12.5. The number of aromatic hydroxyl groups is 1. The molecule has 27 heavy (non-hydrogen) atoms. The summed E-state index contributed by atoms with van der Waals surface area (Å²) >= 11 is 6.11. The minimum absolute atomic E-state index is 0.00546. The zero-order valence-electron chi connectivity index (χ0n) is 13.5. The minimum Gasteiger partial charge on any atom is -0.507 e. The molecule has 1 heterocycles. The maximum Gasteiger partial charge on any atom is 0.285 e. The van der Waals surface area contributed by atoms with Crippen LogP contribution in [-0.4, -0.2) is 31.2 Å². The smallest absolute Gasteiger partial charge is 0.285 e. The highest BCUT2D eigenvalue weighted by molar-refractivity contribution is 8.26. The van der Waals surface area contributed by atoms with Crippen molar-refractivity contribution in [3.8, 4) is 5.75 Å². The number of para-hydroxylation sites is 1. The van der Waals surface area contributed by atoms with Crippen LogP contribution in [0.2, 0.25) is 0 Å². The first kappa shape index (κ1) is 18.5. The maximum atomic E-state index is 12.5. The number of hydrogen-bond donors (Lipinski definition) is 2. The number of nitrogens with zero attached hydrogens (tertiary/aromatic N) is 2. The Balaban J connectivity index is 1.77. The van der Waals surface area contributed by atoms with E-state index >= 15 is 0 Å². The Morgan fingerprint density at radius 1 is 1.22 bits per heavy atom. The number of carbonyl (C=O) groups is 2. The standard InChI is InChI=1S/C17H11N3O5S2/c21-13-4-2-1-3-12(13)15(22)18-19-16(23)14(27-17(19)26)9-10-5-7-11(8-6-10)20(24)25/h1-9,21H,(H,18,22)/b14-9-. The van der Waals surface area contributed by atoms with E-state index in [1.165, 1.54) is 42.5 Å². The fraction of sp³-hybridized carbons (Fsp3) is 0. The van der Waals surface area contributed by atoms with Gasteiger partial charge in [0.2, 0.25) is 0 Å². The van der Waals surface area contributed by atoms with Crippen molar-refractivity contribution >= 4 is 51.9 Å². The summed E-state index contributed by atoms with van der Waals surface area (Å²) < 4.78 is 0.122. The summed E-state index contributed by atoms with van der Waals surface area (Å²) in [5, 5.41) is 21.3. The molecule has 0 atom stereocenters. The zero-order valence-corrected chi connectivity index (χ0v) is 15.1. The average Bonchev–Trinajstić information content (AvgIpc) is 2.90. The van der Waals surface area contributed by atoms with Crippen LogP contribution < -0.4 is 5.43 Å². The fourth-order valence-electron chi connectivity index (χ4n) is 2.24. The van der Waals surface area contributed by atoms with Crippen molar-refractivity contribution in [2.24, 2.45) is 0 Å². The van der Waals surface area contributed by atoms with E-state index in [-0.39, 0.29) is 26.2 Å². The Kier molecular flexibility index (Phi) is 5.19. The SMILES string of the molecule is O=C(NN1C(=O)/C(=C/c2ccc([N+](=O)[O-])cc2)SC1=S)c1ccccc1O. The molecule has 1 aliphatic heterocycles. The van der Waals surface area contributed by atoms with E-state index < -0.39 is 16.7 Å². The molecule has 8 nitrogen and oxygen atoms in total. The van der Waals surface area contributed by atoms with Gasteiger partial charge in [-0.25, -0.2) is 0 Å². The number of rotatable bonds is 4. The molecule has 2 amide bonds. The molecule has 10 heteroatoms. The number of phenolic OH excluding ortho intramolecular Hbond substituents is 1. The molecule has 0 aromatic heterocycles. The topological polar surface area (TPSA) is 113 Å². The lowest BCUT2D eigenvalue weighted by Gasteiger charge is -2.16. The van der Waals surface area contributed by atoms with E-state index in [9.17, 15) is 24.8 Å². The molecule has 2 aromatic carbocycles. The molecular weight excluding hydrogens is 390 g/mol. The van der Waals surface area contributed by atoms with Crippen LogP contribution in [0.15, 0.2) is 53.4 Å². The summed E-state index contributed by atoms with van der Waals surface area (Å²) in [6.07, 6.45) is 1.52. The quantitative estimate of drug-likeness (QED) is 0.350. The van der Waals surface area contributed by atoms with Gasteiger partial charge in [0.25, 0.3) is 17.5 Å². The number of thioether (sulfide) groups is 1. The van der Waals surface area contributed by atoms with E-state index in [0.29, 0.717) is 5.56 Å². The van der Waals surface area contributed by atoms with Gasteiger partial charge in [-0.1, -0.05) is 23.9 Å². The summed E-state index contributed by atoms with van der Waals surface area (Å²) in [5.41, 5.74) is 2.89. The Morgan fingerprint density at radius 2 is 1.89 bits per heavy atom. The molecule has 1 aliphatic rings. The second-order valence-corrected chi connectivity index (χ2v) is 7.00. The fourth-order valence-corrected chi connectivity index (χ4v) is 3.41. The first-order valence-electron chi connectivity index (χ1n) is 7.48. The molecule has 2 aromatic rings. The third kappa shape index (κ3) is 3.96. The summed E-state index contributed by atoms with van der Waals surface area (Å²) in [5.74, 6) is -1.44. The first-order chi connectivity index (χ1) is 12.9. The Hall–Kier alpha value is -3.24. The number of hydrazine groups is 1. The predicted molar refractivity (Wildman–Crippen MR) is 104 cm³/mol. The number of nitro groups is 1. The lowest BCUT2D eigenvalue weighted by Crippen LogP contribution is -2.44. The molecule has 0 unspecified atom stereocenters. The third-order valence-electron chi connectivity index (χ3n) is 3.56. The van der Waals surface area contributed by atoms with Crippen molar-refractivity contribution in [2.45, 2.75) is 0 Å². The number of benzene rings is 2. The summed E-state index contributed by atoms with van der Waals surface area (Å²) in [4.78, 5) is 35.2. The van der Waals surface area contributed by atoms with Crippen molar-refractivity contribution in [3.63, 3.8) is 0 Å². The molecule has 3 rings (SSSR count). The van der Waals surface area contributed by atoms with Crippen molar-refractivity contribution in [2.75, 3.05) is 0 Å². The largest absolute Gasteiger partial charge is 0.507 e. The van der Waals surface area contributed by atoms with E-state index in [1.807, 2.05) is 0 Å². The van der Waals surface area contributed by atoms with Crippen molar-refractivity contribution < 1.29 is 19.6 Å². The van der Waals surface area contributed by atoms with Crippen molar-refractivity contribution in [1.29, 1.82) is 0 Å². The summed E-state index contributed by atoms with van der Waals surface area (Å²) in [7, 11) is 0. The molecule has 0 radical (unpaired) electrons. The van der Waals surface area contributed by atoms with Crippen molar-refractivity contribution in [3.05, 3.63) is 74.7 Å². The van der Waals surface area contributed by atoms with E-state index in [2.05, 4.69) is 5.43 Å². The van der Waals surface area contributed by atoms with Gasteiger partial charge in [0, 0.05) is 12.1 Å². The first-order valence-corrected chi connectivity index (χ1v) is 8.70. The van der Waals surface area contributed by atoms with Gasteiger partial charge in [-0.3, -0.25) is 25.1 Å². The van der Waals surface area contributed by atoms with Crippen LogP contribution in [-0.2, 0) is 4.79 Å². The normalized spacial score (nSPS) is 15.3. The van der Waals surface area contributed by atoms with Crippen LogP contribution in [0.1, 0.15) is 15.9 Å². The van der Waals surface area contributed by atoms with Gasteiger partial charge in [0.05, 0.1) is 15.4 Å². The lowest BCUT2D eigenvalue weighted by molar-refractivity contribution is -0.384. The number of carbonyl (C=O) groups excluding carboxylic acids is 2. The predicted octanol–water partition coefficient (Wildman–Crippen LogP) is 2.85. The molecule has 0 aliphatic carbocycles. The van der Waals surface area contributed by atoms with E-state index in [4.69, 9.17) is 12.2 Å². The molecule has 2 N–H and O–H groups in total. The molecule has 1 fully saturated rings. The summed E-state index contributed by atoms with van der Waals surface area (Å²) in [6, 6.07) is 11.6. The second kappa shape index (κ2) is 7.56. The van der Waals surface area contributed by atoms with E-state index in [0.717, 1.165) is 16.8 Å². The van der Waals surface area contributed by atoms with Gasteiger partial charge in [-0.2, -0.15) is 5.01 Å². The lowest BCUT2D eigenvalue weighted by atomic mass is 10.2. The van der Waals surface area contributed by atoms with Crippen LogP contribution in [0.4, 0.5) is 5.69 Å². The number of hydrogen-bond acceptors (Lipinski definition) is 7. The number of non-ortho nitro benzene ring substituents is 1. The molecule has 1 saturated heterocycles. The van der Waals surface area contributed by atoms with Gasteiger partial charge >= 0.3 is 0 Å². The van der Waals surface area contributed by atoms with Crippen LogP contribution in [0, 0.1) is 10.1 Å². The molecule has 0 saturated carbocycles. The Bertz CT molecular complexity index is 988. The molecule has 0 spiro atoms. The number of thiocarbonyl (C=S) groups is 1. The Labute approximate surface area is 162 Å². The van der Waals surface area contributed by atoms with Gasteiger partial charge in [0.1, 0.15) is 5.75 Å². The van der Waals surface area contributed by atoms with Crippen LogP contribution in [0.3, 0.4) is 0 Å². The number of amides is 2. The zero-order chi connectivity index (χ0) is 19.6. The van der Waals surface area contributed by atoms with Gasteiger partial charge in [-0.05, 0) is 48.1 Å². The Morgan fingerprint density at radius 3 is 2.52 bits per heavy atom. The van der Waals surface area contributed by atoms with Crippen LogP contribution in [0.25, 0.3) is 6.08 Å². The van der Waals surface area contributed by atoms with E-state index in [1.54, 1.807) is 12.1 Å². The highest BCUT2D eigenvalue weighted by Gasteiger charge is 2.34. The number of nitro benzene ring substituents is 1. The molecular formula is C17H11N3O5S2. The van der Waals surface area contributed by atoms with Crippen LogP contribution in [0.5, 0.6) is 5.75 Å². The average molecular weight is 401 g/mol. The van der Waals surface area contributed by atoms with Gasteiger partial charge < -0.3 is 5.11 Å². The van der Waals surface area contributed by atoms with Crippen molar-refractivity contribution in [1.82, 2.24) is 10.4 Å². The second-order valence-electron chi connectivity index (χ2n) is 5.32. The highest BCUT2D eigenvalue weighted by atomic mass is 32.2. The van der Waals surface area contributed by atoms with Gasteiger partial charge in [-0.15, -0.1) is 0 Å². The molecule has 0 bridgehead atoms. The van der Waals surface area contributed by atoms with Gasteiger partial charge in [0.15, 0.2) is 4.32 Å². The highest BCUT2D eigenvalue weighted by Crippen LogP contribution is 2.32. The number of phenols is 1. The third-order valence-corrected chi connectivity index (χ3v) is 4.86. The molecule has 136 valence electrons. The monoisotopic (exact) mass is 401 g/mol.